The highest BCUT2D eigenvalue weighted by molar-refractivity contribution is 7.88. The Balaban J connectivity index is 1.48. The van der Waals surface area contributed by atoms with Gasteiger partial charge in [-0.1, -0.05) is 12.1 Å². The van der Waals surface area contributed by atoms with E-state index in [1.165, 1.54) is 22.7 Å². The van der Waals surface area contributed by atoms with Crippen LogP contribution >= 0.6 is 0 Å². The topological polar surface area (TPSA) is 72.2 Å². The van der Waals surface area contributed by atoms with Gasteiger partial charge in [0.25, 0.3) is 0 Å². The Labute approximate surface area is 159 Å². The van der Waals surface area contributed by atoms with E-state index in [0.29, 0.717) is 0 Å². The molecule has 144 valence electrons. The monoisotopic (exact) mass is 387 g/mol. The van der Waals surface area contributed by atoms with Crippen LogP contribution in [0.5, 0.6) is 0 Å². The van der Waals surface area contributed by atoms with Crippen molar-refractivity contribution in [1.29, 1.82) is 0 Å². The van der Waals surface area contributed by atoms with Gasteiger partial charge in [-0.05, 0) is 35.6 Å². The molecule has 1 aromatic carbocycles. The molecule has 0 saturated carbocycles. The summed E-state index contributed by atoms with van der Waals surface area (Å²) in [6, 6.07) is 10.8. The van der Waals surface area contributed by atoms with Crippen molar-refractivity contribution < 1.29 is 8.42 Å². The molecule has 3 aromatic rings. The van der Waals surface area contributed by atoms with Crippen LogP contribution in [0.2, 0.25) is 0 Å². The molecule has 0 saturated heterocycles. The van der Waals surface area contributed by atoms with E-state index in [0.717, 1.165) is 44.0 Å². The SMILES string of the molecule is Cn1ccc2ccc(CN3CCCn4nc(CNS(C)(=O)=O)cc4C3)cc21. The lowest BCUT2D eigenvalue weighted by molar-refractivity contribution is 0.261. The van der Waals surface area contributed by atoms with Crippen LogP contribution in [0.1, 0.15) is 23.4 Å². The fourth-order valence-corrected chi connectivity index (χ4v) is 4.09. The van der Waals surface area contributed by atoms with E-state index in [9.17, 15) is 8.42 Å². The average molecular weight is 388 g/mol. The number of hydrogen-bond donors (Lipinski definition) is 1. The van der Waals surface area contributed by atoms with Crippen LogP contribution in [-0.2, 0) is 43.2 Å². The van der Waals surface area contributed by atoms with Gasteiger partial charge in [0.2, 0.25) is 10.0 Å². The molecule has 0 amide bonds. The molecule has 1 aliphatic rings. The van der Waals surface area contributed by atoms with Gasteiger partial charge in [0, 0.05) is 44.9 Å². The second-order valence-corrected chi connectivity index (χ2v) is 9.16. The highest BCUT2D eigenvalue weighted by atomic mass is 32.2. The Bertz CT molecular complexity index is 1070. The van der Waals surface area contributed by atoms with Crippen LogP contribution < -0.4 is 4.72 Å². The molecule has 8 heteroatoms. The summed E-state index contributed by atoms with van der Waals surface area (Å²) in [4.78, 5) is 2.43. The number of benzene rings is 1. The van der Waals surface area contributed by atoms with Crippen LogP contribution in [-0.4, -0.2) is 40.5 Å². The third-order valence-electron chi connectivity index (χ3n) is 5.02. The minimum absolute atomic E-state index is 0.239. The van der Waals surface area contributed by atoms with Gasteiger partial charge in [0.15, 0.2) is 0 Å². The van der Waals surface area contributed by atoms with E-state index in [1.54, 1.807) is 0 Å². The fraction of sp³-hybridized carbons (Fsp3) is 0.421. The third kappa shape index (κ3) is 4.23. The number of hydrogen-bond acceptors (Lipinski definition) is 4. The number of fused-ring (bicyclic) bond motifs is 2. The molecule has 0 fully saturated rings. The van der Waals surface area contributed by atoms with E-state index in [4.69, 9.17) is 0 Å². The predicted octanol–water partition coefficient (Wildman–Crippen LogP) is 1.83. The van der Waals surface area contributed by atoms with Gasteiger partial charge >= 0.3 is 0 Å². The number of rotatable bonds is 5. The van der Waals surface area contributed by atoms with Gasteiger partial charge in [0.1, 0.15) is 0 Å². The Hall–Kier alpha value is -2.16. The van der Waals surface area contributed by atoms with Gasteiger partial charge in [-0.3, -0.25) is 9.58 Å². The maximum atomic E-state index is 11.3. The van der Waals surface area contributed by atoms with Crippen molar-refractivity contribution in [2.24, 2.45) is 7.05 Å². The number of nitrogens with zero attached hydrogens (tertiary/aromatic N) is 4. The smallest absolute Gasteiger partial charge is 0.209 e. The molecule has 0 spiro atoms. The van der Waals surface area contributed by atoms with Crippen LogP contribution in [0.3, 0.4) is 0 Å². The summed E-state index contributed by atoms with van der Waals surface area (Å²) in [5.74, 6) is 0. The first-order valence-electron chi connectivity index (χ1n) is 9.14. The van der Waals surface area contributed by atoms with Gasteiger partial charge in [-0.2, -0.15) is 5.10 Å². The number of aryl methyl sites for hydroxylation is 2. The molecule has 0 bridgehead atoms. The van der Waals surface area contributed by atoms with Crippen molar-refractivity contribution in [3.05, 3.63) is 53.5 Å². The minimum atomic E-state index is -3.21. The molecule has 3 heterocycles. The van der Waals surface area contributed by atoms with Gasteiger partial charge in [-0.25, -0.2) is 13.1 Å². The van der Waals surface area contributed by atoms with Crippen LogP contribution in [0.15, 0.2) is 36.5 Å². The molecule has 2 aromatic heterocycles. The van der Waals surface area contributed by atoms with Crippen molar-refractivity contribution in [2.75, 3.05) is 12.8 Å². The number of aromatic nitrogens is 3. The highest BCUT2D eigenvalue weighted by Crippen LogP contribution is 2.20. The van der Waals surface area contributed by atoms with Crippen molar-refractivity contribution in [2.45, 2.75) is 32.6 Å². The first kappa shape index (κ1) is 18.2. The zero-order valence-electron chi connectivity index (χ0n) is 15.7. The summed E-state index contributed by atoms with van der Waals surface area (Å²) in [6.45, 7) is 3.83. The summed E-state index contributed by atoms with van der Waals surface area (Å²) in [7, 11) is -1.14. The molecule has 0 unspecified atom stereocenters. The van der Waals surface area contributed by atoms with E-state index in [2.05, 4.69) is 56.8 Å². The Morgan fingerprint density at radius 3 is 2.85 bits per heavy atom. The normalized spacial score (nSPS) is 15.8. The Kier molecular flexibility index (Phi) is 4.79. The third-order valence-corrected chi connectivity index (χ3v) is 5.69. The van der Waals surface area contributed by atoms with Crippen molar-refractivity contribution in [3.63, 3.8) is 0 Å². The van der Waals surface area contributed by atoms with E-state index in [-0.39, 0.29) is 6.54 Å². The van der Waals surface area contributed by atoms with Crippen molar-refractivity contribution in [1.82, 2.24) is 24.0 Å². The van der Waals surface area contributed by atoms with E-state index < -0.39 is 10.0 Å². The zero-order valence-corrected chi connectivity index (χ0v) is 16.5. The molecule has 1 aliphatic heterocycles. The molecule has 4 rings (SSSR count). The number of sulfonamides is 1. The lowest BCUT2D eigenvalue weighted by atomic mass is 10.1. The Morgan fingerprint density at radius 1 is 1.19 bits per heavy atom. The standard InChI is InChI=1S/C19H25N5O2S/c1-22-9-6-16-5-4-15(10-19(16)22)13-23-7-3-8-24-18(14-23)11-17(21-24)12-20-27(2,25)26/h4-6,9-11,20H,3,7-8,12-14H2,1-2H3. The predicted molar refractivity (Wildman–Crippen MR) is 106 cm³/mol. The second kappa shape index (κ2) is 7.10. The fourth-order valence-electron chi connectivity index (χ4n) is 3.68. The van der Waals surface area contributed by atoms with Crippen molar-refractivity contribution in [3.8, 4) is 0 Å². The summed E-state index contributed by atoms with van der Waals surface area (Å²) in [5.41, 5.74) is 4.46. The van der Waals surface area contributed by atoms with Crippen molar-refractivity contribution >= 4 is 20.9 Å². The molecular formula is C19H25N5O2S. The van der Waals surface area contributed by atoms with Crippen LogP contribution in [0, 0.1) is 0 Å². The first-order valence-corrected chi connectivity index (χ1v) is 11.0. The van der Waals surface area contributed by atoms with Gasteiger partial charge in [-0.15, -0.1) is 0 Å². The highest BCUT2D eigenvalue weighted by Gasteiger charge is 2.17. The van der Waals surface area contributed by atoms with Gasteiger partial charge in [0.05, 0.1) is 24.2 Å². The molecule has 1 N–H and O–H groups in total. The molecule has 0 atom stereocenters. The summed E-state index contributed by atoms with van der Waals surface area (Å²) in [5, 5.41) is 5.82. The summed E-state index contributed by atoms with van der Waals surface area (Å²) in [6.07, 6.45) is 4.28. The summed E-state index contributed by atoms with van der Waals surface area (Å²) < 4.78 is 29.3. The van der Waals surface area contributed by atoms with E-state index in [1.807, 2.05) is 10.7 Å². The van der Waals surface area contributed by atoms with Crippen LogP contribution in [0.25, 0.3) is 10.9 Å². The lowest BCUT2D eigenvalue weighted by Crippen LogP contribution is -2.23. The largest absolute Gasteiger partial charge is 0.351 e. The molecule has 27 heavy (non-hydrogen) atoms. The lowest BCUT2D eigenvalue weighted by Gasteiger charge is -2.19. The number of nitrogens with one attached hydrogen (secondary N) is 1. The molecule has 7 nitrogen and oxygen atoms in total. The van der Waals surface area contributed by atoms with Crippen LogP contribution in [0.4, 0.5) is 0 Å². The quantitative estimate of drug-likeness (QED) is 0.725. The second-order valence-electron chi connectivity index (χ2n) is 7.33. The zero-order chi connectivity index (χ0) is 19.0. The van der Waals surface area contributed by atoms with Gasteiger partial charge < -0.3 is 4.57 Å². The maximum Gasteiger partial charge on any atom is 0.209 e. The molecule has 0 radical (unpaired) electrons. The molecular weight excluding hydrogens is 362 g/mol. The molecule has 0 aliphatic carbocycles. The Morgan fingerprint density at radius 2 is 2.04 bits per heavy atom. The average Bonchev–Trinajstić information content (AvgIpc) is 3.11. The minimum Gasteiger partial charge on any atom is -0.351 e. The summed E-state index contributed by atoms with van der Waals surface area (Å²) >= 11 is 0. The maximum absolute atomic E-state index is 11.3. The van der Waals surface area contributed by atoms with E-state index >= 15 is 0 Å². The first-order chi connectivity index (χ1) is 12.9.